The fourth-order valence-corrected chi connectivity index (χ4v) is 2.74. The summed E-state index contributed by atoms with van der Waals surface area (Å²) in [5, 5.41) is 17.7. The first-order valence-corrected chi connectivity index (χ1v) is 9.19. The van der Waals surface area contributed by atoms with Crippen LogP contribution in [-0.4, -0.2) is 44.2 Å². The molecule has 3 amide bonds. The van der Waals surface area contributed by atoms with Gasteiger partial charge in [0.1, 0.15) is 0 Å². The van der Waals surface area contributed by atoms with Gasteiger partial charge in [0.05, 0.1) is 12.5 Å². The number of nitrogens with one attached hydrogen (secondary N) is 5. The maximum Gasteiger partial charge on any atom is 0.236 e. The molecule has 0 fully saturated rings. The topological polar surface area (TPSA) is 123 Å². The molecular formula is C18H25BClN5O3. The molecule has 0 heterocycles. The van der Waals surface area contributed by atoms with Gasteiger partial charge in [0, 0.05) is 18.0 Å². The Morgan fingerprint density at radius 2 is 1.82 bits per heavy atom. The Morgan fingerprint density at radius 1 is 1.18 bits per heavy atom. The SMILES string of the molecule is [B]N[C@H](C(=O)NCCC(=O)NC(=N)NC(=O)Cc1c(C)cccc1Cl)C(C)C. The van der Waals surface area contributed by atoms with Crippen LogP contribution >= 0.6 is 11.6 Å². The number of carbonyl (C=O) groups excluding carboxylic acids is 3. The molecule has 1 atom stereocenters. The van der Waals surface area contributed by atoms with Crippen molar-refractivity contribution in [2.24, 2.45) is 5.92 Å². The first kappa shape index (κ1) is 23.7. The second-order valence-electron chi connectivity index (χ2n) is 6.61. The van der Waals surface area contributed by atoms with Crippen LogP contribution in [0.1, 0.15) is 31.4 Å². The van der Waals surface area contributed by atoms with Crippen LogP contribution in [0.4, 0.5) is 0 Å². The summed E-state index contributed by atoms with van der Waals surface area (Å²) in [6, 6.07) is 4.74. The Bertz CT molecular complexity index is 722. The zero-order chi connectivity index (χ0) is 21.3. The quantitative estimate of drug-likeness (QED) is 0.246. The number of benzene rings is 1. The number of hydrogen-bond acceptors (Lipinski definition) is 5. The first-order valence-electron chi connectivity index (χ1n) is 8.81. The molecule has 2 radical (unpaired) electrons. The molecule has 0 aromatic heterocycles. The van der Waals surface area contributed by atoms with Crippen molar-refractivity contribution in [1.29, 1.82) is 5.41 Å². The van der Waals surface area contributed by atoms with Gasteiger partial charge in [-0.3, -0.25) is 30.4 Å². The molecule has 0 spiro atoms. The molecule has 1 aromatic rings. The van der Waals surface area contributed by atoms with Crippen LogP contribution in [0.2, 0.25) is 5.02 Å². The average molecular weight is 406 g/mol. The highest BCUT2D eigenvalue weighted by atomic mass is 35.5. The molecule has 150 valence electrons. The molecule has 5 N–H and O–H groups in total. The van der Waals surface area contributed by atoms with Crippen molar-refractivity contribution >= 4 is 43.3 Å². The van der Waals surface area contributed by atoms with Crippen molar-refractivity contribution in [2.45, 2.75) is 39.7 Å². The summed E-state index contributed by atoms with van der Waals surface area (Å²) >= 11 is 6.08. The molecule has 10 heteroatoms. The number of aryl methyl sites for hydroxylation is 1. The first-order chi connectivity index (χ1) is 13.1. The van der Waals surface area contributed by atoms with Crippen LogP contribution in [0.15, 0.2) is 18.2 Å². The van der Waals surface area contributed by atoms with E-state index in [1.54, 1.807) is 12.1 Å². The van der Waals surface area contributed by atoms with E-state index in [0.29, 0.717) is 10.6 Å². The van der Waals surface area contributed by atoms with Gasteiger partial charge in [0.25, 0.3) is 0 Å². The third-order valence-corrected chi connectivity index (χ3v) is 4.35. The molecule has 0 bridgehead atoms. The second kappa shape index (κ2) is 11.5. The lowest BCUT2D eigenvalue weighted by molar-refractivity contribution is -0.124. The summed E-state index contributed by atoms with van der Waals surface area (Å²) in [6.07, 6.45) is -0.0640. The maximum atomic E-state index is 12.0. The summed E-state index contributed by atoms with van der Waals surface area (Å²) in [6.45, 7) is 5.59. The van der Waals surface area contributed by atoms with Gasteiger partial charge in [0.2, 0.25) is 23.7 Å². The standard InChI is InChI=1S/C18H25BClN5O3/c1-10(2)16(25-19)17(28)22-8-7-14(26)23-18(21)24-15(27)9-12-11(3)5-4-6-13(12)20/h4-6,10,16,25H,7-9H2,1-3H3,(H,22,28)(H3,21,23,24,26,27)/t16-/m0/s1. The predicted molar refractivity (Wildman–Crippen MR) is 109 cm³/mol. The van der Waals surface area contributed by atoms with Crippen molar-refractivity contribution in [3.63, 3.8) is 0 Å². The van der Waals surface area contributed by atoms with Crippen LogP contribution in [0, 0.1) is 18.3 Å². The summed E-state index contributed by atoms with van der Waals surface area (Å²) < 4.78 is 0. The second-order valence-corrected chi connectivity index (χ2v) is 7.02. The van der Waals surface area contributed by atoms with Crippen molar-refractivity contribution in [2.75, 3.05) is 6.54 Å². The Hall–Kier alpha value is -2.39. The van der Waals surface area contributed by atoms with Gasteiger partial charge in [-0.2, -0.15) is 0 Å². The predicted octanol–water partition coefficient (Wildman–Crippen LogP) is 0.562. The minimum absolute atomic E-state index is 0.0102. The highest BCUT2D eigenvalue weighted by molar-refractivity contribution is 6.31. The molecule has 8 nitrogen and oxygen atoms in total. The van der Waals surface area contributed by atoms with Gasteiger partial charge in [0.15, 0.2) is 7.98 Å². The molecule has 1 rings (SSSR count). The molecule has 0 aliphatic rings. The molecule has 1 aromatic carbocycles. The fourth-order valence-electron chi connectivity index (χ4n) is 2.45. The van der Waals surface area contributed by atoms with E-state index in [0.717, 1.165) is 5.56 Å². The van der Waals surface area contributed by atoms with E-state index in [1.165, 1.54) is 0 Å². The van der Waals surface area contributed by atoms with Crippen molar-refractivity contribution < 1.29 is 14.4 Å². The van der Waals surface area contributed by atoms with E-state index in [4.69, 9.17) is 25.0 Å². The van der Waals surface area contributed by atoms with Gasteiger partial charge >= 0.3 is 0 Å². The molecule has 28 heavy (non-hydrogen) atoms. The minimum Gasteiger partial charge on any atom is -0.356 e. The number of hydrogen-bond donors (Lipinski definition) is 5. The molecule has 0 unspecified atom stereocenters. The molecule has 0 saturated heterocycles. The highest BCUT2D eigenvalue weighted by Crippen LogP contribution is 2.19. The average Bonchev–Trinajstić information content (AvgIpc) is 2.58. The number of carbonyl (C=O) groups is 3. The number of rotatable bonds is 8. The van der Waals surface area contributed by atoms with Gasteiger partial charge in [-0.05, 0) is 30.0 Å². The number of halogens is 1. The summed E-state index contributed by atoms with van der Waals surface area (Å²) in [5.41, 5.74) is 1.53. The van der Waals surface area contributed by atoms with Crippen molar-refractivity contribution in [3.05, 3.63) is 34.3 Å². The van der Waals surface area contributed by atoms with Gasteiger partial charge in [-0.1, -0.05) is 37.6 Å². The van der Waals surface area contributed by atoms with Crippen molar-refractivity contribution in [3.8, 4) is 0 Å². The smallest absolute Gasteiger partial charge is 0.236 e. The third kappa shape index (κ3) is 7.70. The molecule has 0 saturated carbocycles. The van der Waals surface area contributed by atoms with Crippen LogP contribution < -0.4 is 21.2 Å². The van der Waals surface area contributed by atoms with Crippen LogP contribution in [0.5, 0.6) is 0 Å². The van der Waals surface area contributed by atoms with Gasteiger partial charge in [-0.15, -0.1) is 0 Å². The van der Waals surface area contributed by atoms with Gasteiger partial charge < -0.3 is 10.5 Å². The maximum absolute atomic E-state index is 12.0. The van der Waals surface area contributed by atoms with Gasteiger partial charge in [-0.25, -0.2) is 0 Å². The van der Waals surface area contributed by atoms with E-state index in [9.17, 15) is 14.4 Å². The normalized spacial score (nSPS) is 11.6. The Morgan fingerprint density at radius 3 is 2.39 bits per heavy atom. The summed E-state index contributed by atoms with van der Waals surface area (Å²) in [4.78, 5) is 35.8. The lowest BCUT2D eigenvalue weighted by Gasteiger charge is -2.19. The van der Waals surface area contributed by atoms with Crippen molar-refractivity contribution in [1.82, 2.24) is 21.2 Å². The summed E-state index contributed by atoms with van der Waals surface area (Å²) in [5.74, 6) is -1.74. The lowest BCUT2D eigenvalue weighted by Crippen LogP contribution is -2.48. The molecule has 0 aliphatic heterocycles. The van der Waals surface area contributed by atoms with E-state index < -0.39 is 23.8 Å². The fraction of sp³-hybridized carbons (Fsp3) is 0.444. The highest BCUT2D eigenvalue weighted by Gasteiger charge is 2.19. The summed E-state index contributed by atoms with van der Waals surface area (Å²) in [7, 11) is 5.33. The van der Waals surface area contributed by atoms with Crippen LogP contribution in [0.25, 0.3) is 0 Å². The molecular weight excluding hydrogens is 380 g/mol. The van der Waals surface area contributed by atoms with Crippen LogP contribution in [-0.2, 0) is 20.8 Å². The molecule has 0 aliphatic carbocycles. The zero-order valence-electron chi connectivity index (χ0n) is 16.2. The van der Waals surface area contributed by atoms with E-state index >= 15 is 0 Å². The van der Waals surface area contributed by atoms with E-state index in [-0.39, 0.29) is 31.2 Å². The Balaban J connectivity index is 2.39. The van der Waals surface area contributed by atoms with E-state index in [2.05, 4.69) is 21.2 Å². The van der Waals surface area contributed by atoms with E-state index in [1.807, 2.05) is 26.8 Å². The third-order valence-electron chi connectivity index (χ3n) is 4.00. The largest absolute Gasteiger partial charge is 0.356 e. The number of amides is 3. The Kier molecular flexibility index (Phi) is 9.68. The lowest BCUT2D eigenvalue weighted by atomic mass is 10.0. The minimum atomic E-state index is -0.561. The number of guanidine groups is 1. The monoisotopic (exact) mass is 405 g/mol. The Labute approximate surface area is 171 Å². The van der Waals surface area contributed by atoms with Crippen LogP contribution in [0.3, 0.4) is 0 Å². The zero-order valence-corrected chi connectivity index (χ0v) is 16.9.